The smallest absolute Gasteiger partial charge is 0.331 e. The maximum Gasteiger partial charge on any atom is 0.331 e. The van der Waals surface area contributed by atoms with E-state index in [1.165, 1.54) is 10.8 Å². The summed E-state index contributed by atoms with van der Waals surface area (Å²) in [6, 6.07) is 1.75. The van der Waals surface area contributed by atoms with E-state index in [0.29, 0.717) is 0 Å². The first kappa shape index (κ1) is 13.6. The minimum Gasteiger partial charge on any atom is -0.344 e. The van der Waals surface area contributed by atoms with E-state index in [1.54, 1.807) is 6.07 Å². The SMILES string of the molecule is C#CCNC(=O)Cn1c(=O)c(C#N)cn(C2CC2)c1=O. The summed E-state index contributed by atoms with van der Waals surface area (Å²) >= 11 is 0. The largest absolute Gasteiger partial charge is 0.344 e. The second-order valence-electron chi connectivity index (χ2n) is 4.45. The molecule has 1 heterocycles. The molecule has 0 aromatic carbocycles. The van der Waals surface area contributed by atoms with Gasteiger partial charge in [-0.1, -0.05) is 5.92 Å². The van der Waals surface area contributed by atoms with Gasteiger partial charge in [0.2, 0.25) is 5.91 Å². The summed E-state index contributed by atoms with van der Waals surface area (Å²) in [5, 5.41) is 11.3. The van der Waals surface area contributed by atoms with Crippen molar-refractivity contribution in [3.8, 4) is 18.4 Å². The topological polar surface area (TPSA) is 96.9 Å². The molecule has 7 nitrogen and oxygen atoms in total. The van der Waals surface area contributed by atoms with E-state index >= 15 is 0 Å². The number of nitrogens with one attached hydrogen (secondary N) is 1. The van der Waals surface area contributed by atoms with Crippen LogP contribution in [0.25, 0.3) is 0 Å². The van der Waals surface area contributed by atoms with E-state index in [-0.39, 0.29) is 18.2 Å². The second kappa shape index (κ2) is 5.45. The van der Waals surface area contributed by atoms with Crippen LogP contribution in [0, 0.1) is 23.7 Å². The van der Waals surface area contributed by atoms with E-state index in [0.717, 1.165) is 17.4 Å². The fourth-order valence-electron chi connectivity index (χ4n) is 1.80. The molecule has 0 aliphatic heterocycles. The summed E-state index contributed by atoms with van der Waals surface area (Å²) in [5.74, 6) is 1.68. The van der Waals surface area contributed by atoms with E-state index < -0.39 is 23.7 Å². The maximum atomic E-state index is 12.1. The zero-order valence-electron chi connectivity index (χ0n) is 10.6. The molecule has 1 aromatic rings. The second-order valence-corrected chi connectivity index (χ2v) is 4.45. The highest BCUT2D eigenvalue weighted by Gasteiger charge is 2.27. The molecule has 1 aliphatic carbocycles. The van der Waals surface area contributed by atoms with Crippen LogP contribution < -0.4 is 16.6 Å². The van der Waals surface area contributed by atoms with Crippen LogP contribution in [0.3, 0.4) is 0 Å². The Hall–Kier alpha value is -2.80. The van der Waals surface area contributed by atoms with E-state index in [4.69, 9.17) is 11.7 Å². The van der Waals surface area contributed by atoms with Gasteiger partial charge in [-0.05, 0) is 12.8 Å². The minimum atomic E-state index is -0.759. The molecular weight excluding hydrogens is 260 g/mol. The maximum absolute atomic E-state index is 12.1. The lowest BCUT2D eigenvalue weighted by Gasteiger charge is -2.09. The van der Waals surface area contributed by atoms with Crippen molar-refractivity contribution in [2.75, 3.05) is 6.54 Å². The lowest BCUT2D eigenvalue weighted by atomic mass is 10.3. The Balaban J connectivity index is 2.41. The number of rotatable bonds is 4. The van der Waals surface area contributed by atoms with Gasteiger partial charge in [0.25, 0.3) is 5.56 Å². The highest BCUT2D eigenvalue weighted by Crippen LogP contribution is 2.33. The van der Waals surface area contributed by atoms with Crippen LogP contribution >= 0.6 is 0 Å². The third-order valence-corrected chi connectivity index (χ3v) is 2.95. The molecule has 0 spiro atoms. The van der Waals surface area contributed by atoms with Gasteiger partial charge in [-0.15, -0.1) is 6.42 Å². The Morgan fingerprint density at radius 3 is 2.75 bits per heavy atom. The van der Waals surface area contributed by atoms with Crippen molar-refractivity contribution < 1.29 is 4.79 Å². The van der Waals surface area contributed by atoms with Gasteiger partial charge in [0.1, 0.15) is 18.2 Å². The Kier molecular flexibility index (Phi) is 3.72. The van der Waals surface area contributed by atoms with Crippen LogP contribution in [0.4, 0.5) is 0 Å². The molecule has 0 radical (unpaired) electrons. The van der Waals surface area contributed by atoms with Crippen LogP contribution in [-0.2, 0) is 11.3 Å². The van der Waals surface area contributed by atoms with E-state index in [9.17, 15) is 14.4 Å². The van der Waals surface area contributed by atoms with Crippen molar-refractivity contribution in [3.05, 3.63) is 32.6 Å². The molecule has 0 bridgehead atoms. The van der Waals surface area contributed by atoms with Gasteiger partial charge in [0.05, 0.1) is 6.54 Å². The van der Waals surface area contributed by atoms with Gasteiger partial charge >= 0.3 is 5.69 Å². The summed E-state index contributed by atoms with van der Waals surface area (Å²) in [4.78, 5) is 35.7. The van der Waals surface area contributed by atoms with Crippen molar-refractivity contribution >= 4 is 5.91 Å². The molecule has 1 saturated carbocycles. The lowest BCUT2D eigenvalue weighted by Crippen LogP contribution is -2.44. The Morgan fingerprint density at radius 2 is 2.20 bits per heavy atom. The molecule has 7 heteroatoms. The van der Waals surface area contributed by atoms with E-state index in [2.05, 4.69) is 11.2 Å². The molecule has 1 aromatic heterocycles. The number of hydrogen-bond donors (Lipinski definition) is 1. The van der Waals surface area contributed by atoms with Crippen LogP contribution in [0.15, 0.2) is 15.8 Å². The van der Waals surface area contributed by atoms with Gasteiger partial charge in [0.15, 0.2) is 0 Å². The predicted molar refractivity (Wildman–Crippen MR) is 69.8 cm³/mol. The number of nitriles is 1. The van der Waals surface area contributed by atoms with Gasteiger partial charge < -0.3 is 5.32 Å². The first-order chi connectivity index (χ1) is 9.58. The number of hydrogen-bond acceptors (Lipinski definition) is 4. The standard InChI is InChI=1S/C13H12N4O3/c1-2-5-15-11(18)8-17-12(19)9(6-14)7-16(13(17)20)10-3-4-10/h1,7,10H,3-5,8H2,(H,15,18). The molecule has 0 atom stereocenters. The monoisotopic (exact) mass is 272 g/mol. The first-order valence-corrected chi connectivity index (χ1v) is 6.04. The number of aromatic nitrogens is 2. The predicted octanol–water partition coefficient (Wildman–Crippen LogP) is -1.03. The average molecular weight is 272 g/mol. The van der Waals surface area contributed by atoms with Crippen molar-refractivity contribution in [1.82, 2.24) is 14.5 Å². The van der Waals surface area contributed by atoms with Crippen molar-refractivity contribution in [3.63, 3.8) is 0 Å². The van der Waals surface area contributed by atoms with Crippen molar-refractivity contribution in [2.45, 2.75) is 25.4 Å². The summed E-state index contributed by atoms with van der Waals surface area (Å²) in [7, 11) is 0. The third-order valence-electron chi connectivity index (χ3n) is 2.95. The number of carbonyl (C=O) groups excluding carboxylic acids is 1. The fraction of sp³-hybridized carbons (Fsp3) is 0.385. The summed E-state index contributed by atoms with van der Waals surface area (Å²) in [5.41, 5.74) is -1.49. The van der Waals surface area contributed by atoms with E-state index in [1.807, 2.05) is 0 Å². The Bertz CT molecular complexity index is 741. The fourth-order valence-corrected chi connectivity index (χ4v) is 1.80. The van der Waals surface area contributed by atoms with Gasteiger partial charge in [-0.2, -0.15) is 5.26 Å². The molecule has 1 amide bonds. The minimum absolute atomic E-state index is 0.00946. The van der Waals surface area contributed by atoms with Gasteiger partial charge in [-0.25, -0.2) is 9.36 Å². The molecule has 0 saturated heterocycles. The summed E-state index contributed by atoms with van der Waals surface area (Å²) in [6.45, 7) is -0.427. The Morgan fingerprint density at radius 1 is 1.50 bits per heavy atom. The zero-order valence-corrected chi connectivity index (χ0v) is 10.6. The number of amides is 1. The number of nitrogens with zero attached hydrogens (tertiary/aromatic N) is 3. The molecule has 20 heavy (non-hydrogen) atoms. The quantitative estimate of drug-likeness (QED) is 0.708. The van der Waals surface area contributed by atoms with Crippen LogP contribution in [0.2, 0.25) is 0 Å². The number of carbonyl (C=O) groups is 1. The highest BCUT2D eigenvalue weighted by molar-refractivity contribution is 5.75. The van der Waals surface area contributed by atoms with Crippen molar-refractivity contribution in [2.24, 2.45) is 0 Å². The first-order valence-electron chi connectivity index (χ1n) is 6.04. The molecule has 1 fully saturated rings. The van der Waals surface area contributed by atoms with Crippen LogP contribution in [-0.4, -0.2) is 21.6 Å². The third kappa shape index (κ3) is 2.62. The molecule has 1 aliphatic rings. The molecular formula is C13H12N4O3. The summed E-state index contributed by atoms with van der Waals surface area (Å²) in [6.07, 6.45) is 7.92. The average Bonchev–Trinajstić information content (AvgIpc) is 3.26. The molecule has 0 unspecified atom stereocenters. The highest BCUT2D eigenvalue weighted by atomic mass is 16.2. The van der Waals surface area contributed by atoms with Crippen molar-refractivity contribution in [1.29, 1.82) is 5.26 Å². The molecule has 1 N–H and O–H groups in total. The Labute approximate surface area is 114 Å². The van der Waals surface area contributed by atoms with Gasteiger partial charge in [-0.3, -0.25) is 14.2 Å². The normalized spacial score (nSPS) is 13.3. The van der Waals surface area contributed by atoms with Crippen LogP contribution in [0.5, 0.6) is 0 Å². The van der Waals surface area contributed by atoms with Gasteiger partial charge in [0, 0.05) is 12.2 Å². The molecule has 102 valence electrons. The lowest BCUT2D eigenvalue weighted by molar-refractivity contribution is -0.121. The summed E-state index contributed by atoms with van der Waals surface area (Å²) < 4.78 is 2.11. The molecule has 2 rings (SSSR count). The zero-order chi connectivity index (χ0) is 14.7. The van der Waals surface area contributed by atoms with Crippen LogP contribution in [0.1, 0.15) is 24.4 Å². The number of terminal acetylenes is 1.